The van der Waals surface area contributed by atoms with E-state index >= 15 is 0 Å². The van der Waals surface area contributed by atoms with Crippen LogP contribution in [0.2, 0.25) is 0 Å². The second kappa shape index (κ2) is 5.18. The summed E-state index contributed by atoms with van der Waals surface area (Å²) in [6.45, 7) is 0. The van der Waals surface area contributed by atoms with Crippen LogP contribution in [0.3, 0.4) is 0 Å². The first kappa shape index (κ1) is 12.4. The van der Waals surface area contributed by atoms with Gasteiger partial charge in [-0.3, -0.25) is 9.97 Å². The highest BCUT2D eigenvalue weighted by atomic mass is 32.1. The summed E-state index contributed by atoms with van der Waals surface area (Å²) in [6.07, 6.45) is 4.69. The van der Waals surface area contributed by atoms with Gasteiger partial charge in [0.25, 0.3) is 0 Å². The second-order valence-corrected chi connectivity index (χ2v) is 4.96. The van der Waals surface area contributed by atoms with Gasteiger partial charge in [0, 0.05) is 18.0 Å². The molecule has 98 valence electrons. The van der Waals surface area contributed by atoms with E-state index in [9.17, 15) is 9.90 Å². The molecule has 3 aromatic rings. The molecule has 0 aliphatic rings. The first-order chi connectivity index (χ1) is 9.75. The molecule has 1 N–H and O–H groups in total. The van der Waals surface area contributed by atoms with E-state index in [1.807, 2.05) is 30.3 Å². The van der Waals surface area contributed by atoms with E-state index in [0.717, 1.165) is 16.9 Å². The molecule has 0 aliphatic carbocycles. The predicted molar refractivity (Wildman–Crippen MR) is 75.5 cm³/mol. The zero-order chi connectivity index (χ0) is 13.9. The van der Waals surface area contributed by atoms with Crippen LogP contribution in [0.15, 0.2) is 48.9 Å². The largest absolute Gasteiger partial charge is 0.477 e. The van der Waals surface area contributed by atoms with Gasteiger partial charge >= 0.3 is 5.97 Å². The molecule has 20 heavy (non-hydrogen) atoms. The van der Waals surface area contributed by atoms with Crippen LogP contribution in [0.25, 0.3) is 22.0 Å². The summed E-state index contributed by atoms with van der Waals surface area (Å²) < 4.78 is 0. The van der Waals surface area contributed by atoms with Crippen molar-refractivity contribution in [2.45, 2.75) is 0 Å². The average molecular weight is 283 g/mol. The van der Waals surface area contributed by atoms with Crippen molar-refractivity contribution in [2.24, 2.45) is 0 Å². The van der Waals surface area contributed by atoms with Crippen molar-refractivity contribution in [3.05, 3.63) is 53.8 Å². The molecule has 0 atom stereocenters. The summed E-state index contributed by atoms with van der Waals surface area (Å²) >= 11 is 1.10. The molecule has 0 amide bonds. The maximum absolute atomic E-state index is 11.4. The SMILES string of the molecule is O=C(O)c1sc(-c2cnccn2)nc1-c1ccccc1. The number of thiazole rings is 1. The second-order valence-electron chi connectivity index (χ2n) is 3.96. The minimum absolute atomic E-state index is 0.205. The Kier molecular flexibility index (Phi) is 3.22. The van der Waals surface area contributed by atoms with Gasteiger partial charge in [-0.1, -0.05) is 30.3 Å². The molecule has 0 aliphatic heterocycles. The number of hydrogen-bond acceptors (Lipinski definition) is 5. The van der Waals surface area contributed by atoms with E-state index in [4.69, 9.17) is 0 Å². The zero-order valence-corrected chi connectivity index (χ0v) is 11.0. The van der Waals surface area contributed by atoms with E-state index in [2.05, 4.69) is 15.0 Å². The fourth-order valence-electron chi connectivity index (χ4n) is 1.78. The maximum atomic E-state index is 11.4. The number of hydrogen-bond donors (Lipinski definition) is 1. The number of aromatic carboxylic acids is 1. The molecule has 0 fully saturated rings. The number of nitrogens with zero attached hydrogens (tertiary/aromatic N) is 3. The Bertz CT molecular complexity index is 742. The van der Waals surface area contributed by atoms with Crippen LogP contribution < -0.4 is 0 Å². The molecule has 2 aromatic heterocycles. The van der Waals surface area contributed by atoms with Crippen LogP contribution >= 0.6 is 11.3 Å². The van der Waals surface area contributed by atoms with Gasteiger partial charge in [-0.05, 0) is 0 Å². The Hall–Kier alpha value is -2.60. The molecule has 0 saturated carbocycles. The highest BCUT2D eigenvalue weighted by molar-refractivity contribution is 7.17. The molecule has 0 radical (unpaired) electrons. The van der Waals surface area contributed by atoms with E-state index in [1.165, 1.54) is 0 Å². The van der Waals surface area contributed by atoms with Gasteiger partial charge in [-0.15, -0.1) is 11.3 Å². The lowest BCUT2D eigenvalue weighted by atomic mass is 10.1. The van der Waals surface area contributed by atoms with Gasteiger partial charge in [0.2, 0.25) is 0 Å². The van der Waals surface area contributed by atoms with Gasteiger partial charge in [-0.25, -0.2) is 9.78 Å². The minimum Gasteiger partial charge on any atom is -0.477 e. The molecule has 0 unspecified atom stereocenters. The summed E-state index contributed by atoms with van der Waals surface area (Å²) in [7, 11) is 0. The molecule has 2 heterocycles. The smallest absolute Gasteiger partial charge is 0.348 e. The average Bonchev–Trinajstić information content (AvgIpc) is 2.94. The van der Waals surface area contributed by atoms with E-state index in [1.54, 1.807) is 18.6 Å². The lowest BCUT2D eigenvalue weighted by molar-refractivity contribution is 0.0702. The van der Waals surface area contributed by atoms with Crippen molar-refractivity contribution in [3.63, 3.8) is 0 Å². The van der Waals surface area contributed by atoms with Crippen molar-refractivity contribution in [1.29, 1.82) is 0 Å². The monoisotopic (exact) mass is 283 g/mol. The first-order valence-electron chi connectivity index (χ1n) is 5.81. The van der Waals surface area contributed by atoms with Crippen LogP contribution in [-0.2, 0) is 0 Å². The van der Waals surface area contributed by atoms with Gasteiger partial charge in [-0.2, -0.15) is 0 Å². The number of aromatic nitrogens is 3. The Labute approximate surface area is 118 Å². The maximum Gasteiger partial charge on any atom is 0.348 e. The van der Waals surface area contributed by atoms with E-state index < -0.39 is 5.97 Å². The van der Waals surface area contributed by atoms with Crippen molar-refractivity contribution in [2.75, 3.05) is 0 Å². The summed E-state index contributed by atoms with van der Waals surface area (Å²) in [4.78, 5) is 24.1. The van der Waals surface area contributed by atoms with E-state index in [-0.39, 0.29) is 4.88 Å². The predicted octanol–water partition coefficient (Wildman–Crippen LogP) is 2.97. The summed E-state index contributed by atoms with van der Waals surface area (Å²) in [5, 5.41) is 9.87. The number of carboxylic acids is 1. The standard InChI is InChI=1S/C14H9N3O2S/c18-14(19)12-11(9-4-2-1-3-5-9)17-13(20-12)10-8-15-6-7-16-10/h1-8H,(H,18,19). The molecule has 3 rings (SSSR count). The Morgan fingerprint density at radius 3 is 2.60 bits per heavy atom. The zero-order valence-electron chi connectivity index (χ0n) is 10.2. The van der Waals surface area contributed by atoms with Gasteiger partial charge < -0.3 is 5.11 Å². The molecule has 6 heteroatoms. The Morgan fingerprint density at radius 2 is 1.95 bits per heavy atom. The third-order valence-corrected chi connectivity index (χ3v) is 3.72. The number of carboxylic acid groups (broad SMARTS) is 1. The molecular weight excluding hydrogens is 274 g/mol. The third-order valence-electron chi connectivity index (χ3n) is 2.65. The Balaban J connectivity index is 2.15. The number of benzene rings is 1. The topological polar surface area (TPSA) is 76.0 Å². The summed E-state index contributed by atoms with van der Waals surface area (Å²) in [6, 6.07) is 9.24. The van der Waals surface area contributed by atoms with Crippen LogP contribution in [0.4, 0.5) is 0 Å². The molecule has 0 spiro atoms. The lowest BCUT2D eigenvalue weighted by Gasteiger charge is -1.97. The number of carbonyl (C=O) groups is 1. The van der Waals surface area contributed by atoms with Crippen LogP contribution in [0, 0.1) is 0 Å². The van der Waals surface area contributed by atoms with Crippen molar-refractivity contribution >= 4 is 17.3 Å². The highest BCUT2D eigenvalue weighted by Gasteiger charge is 2.19. The van der Waals surface area contributed by atoms with Crippen molar-refractivity contribution < 1.29 is 9.90 Å². The van der Waals surface area contributed by atoms with Crippen LogP contribution in [-0.4, -0.2) is 26.0 Å². The van der Waals surface area contributed by atoms with Gasteiger partial charge in [0.05, 0.1) is 11.9 Å². The number of rotatable bonds is 3. The first-order valence-corrected chi connectivity index (χ1v) is 6.63. The molecular formula is C14H9N3O2S. The van der Waals surface area contributed by atoms with Crippen LogP contribution in [0.1, 0.15) is 9.67 Å². The van der Waals surface area contributed by atoms with Crippen molar-refractivity contribution in [1.82, 2.24) is 15.0 Å². The lowest BCUT2D eigenvalue weighted by Crippen LogP contribution is -1.95. The van der Waals surface area contributed by atoms with Crippen LogP contribution in [0.5, 0.6) is 0 Å². The van der Waals surface area contributed by atoms with Gasteiger partial charge in [0.1, 0.15) is 15.6 Å². The van der Waals surface area contributed by atoms with Crippen molar-refractivity contribution in [3.8, 4) is 22.0 Å². The minimum atomic E-state index is -0.989. The third kappa shape index (κ3) is 2.28. The molecule has 1 aromatic carbocycles. The Morgan fingerprint density at radius 1 is 1.15 bits per heavy atom. The van der Waals surface area contributed by atoms with E-state index in [0.29, 0.717) is 16.4 Å². The quantitative estimate of drug-likeness (QED) is 0.799. The summed E-state index contributed by atoms with van der Waals surface area (Å²) in [5.74, 6) is -0.989. The normalized spacial score (nSPS) is 10.4. The fraction of sp³-hybridized carbons (Fsp3) is 0. The fourth-order valence-corrected chi connectivity index (χ4v) is 2.66. The summed E-state index contributed by atoms with van der Waals surface area (Å²) in [5.41, 5.74) is 1.81. The molecule has 0 saturated heterocycles. The highest BCUT2D eigenvalue weighted by Crippen LogP contribution is 2.32. The molecule has 0 bridgehead atoms. The van der Waals surface area contributed by atoms with Gasteiger partial charge in [0.15, 0.2) is 0 Å². The molecule has 5 nitrogen and oxygen atoms in total.